The van der Waals surface area contributed by atoms with Crippen LogP contribution in [0.5, 0.6) is 0 Å². The standard InChI is InChI=1S/C10H9BrFN3/c11-7-9(5-6-14-15-13)8-1-3-10(12)4-2-8/h1-5H,6-7H2. The van der Waals surface area contributed by atoms with Crippen molar-refractivity contribution in [3.63, 3.8) is 0 Å². The molecule has 0 spiro atoms. The summed E-state index contributed by atoms with van der Waals surface area (Å²) in [5, 5.41) is 4.05. The lowest BCUT2D eigenvalue weighted by Gasteiger charge is -2.02. The van der Waals surface area contributed by atoms with E-state index in [0.29, 0.717) is 11.9 Å². The number of nitrogens with zero attached hydrogens (tertiary/aromatic N) is 3. The molecule has 0 atom stereocenters. The van der Waals surface area contributed by atoms with Crippen LogP contribution in [-0.4, -0.2) is 11.9 Å². The fourth-order valence-electron chi connectivity index (χ4n) is 1.10. The molecule has 0 saturated heterocycles. The average molecular weight is 270 g/mol. The molecular formula is C10H9BrFN3. The number of allylic oxidation sites excluding steroid dienone is 1. The molecule has 78 valence electrons. The van der Waals surface area contributed by atoms with Crippen LogP contribution in [0.15, 0.2) is 35.5 Å². The van der Waals surface area contributed by atoms with E-state index in [-0.39, 0.29) is 5.82 Å². The highest BCUT2D eigenvalue weighted by Crippen LogP contribution is 2.17. The number of benzene rings is 1. The molecule has 0 aliphatic heterocycles. The Kier molecular flexibility index (Phi) is 4.87. The van der Waals surface area contributed by atoms with Crippen LogP contribution < -0.4 is 0 Å². The van der Waals surface area contributed by atoms with E-state index in [4.69, 9.17) is 5.53 Å². The highest BCUT2D eigenvalue weighted by Gasteiger charge is 1.99. The van der Waals surface area contributed by atoms with Crippen LogP contribution in [0.25, 0.3) is 16.0 Å². The molecule has 0 amide bonds. The summed E-state index contributed by atoms with van der Waals surface area (Å²) in [6, 6.07) is 6.19. The third kappa shape index (κ3) is 3.73. The summed E-state index contributed by atoms with van der Waals surface area (Å²) in [5.74, 6) is -0.261. The Hall–Kier alpha value is -1.32. The maximum Gasteiger partial charge on any atom is 0.123 e. The summed E-state index contributed by atoms with van der Waals surface area (Å²) in [4.78, 5) is 2.65. The lowest BCUT2D eigenvalue weighted by Crippen LogP contribution is -1.87. The average Bonchev–Trinajstić information content (AvgIpc) is 2.26. The quantitative estimate of drug-likeness (QED) is 0.344. The van der Waals surface area contributed by atoms with Crippen LogP contribution in [-0.2, 0) is 0 Å². The summed E-state index contributed by atoms with van der Waals surface area (Å²) < 4.78 is 12.7. The molecule has 0 aliphatic carbocycles. The maximum atomic E-state index is 12.7. The van der Waals surface area contributed by atoms with Crippen molar-refractivity contribution in [2.45, 2.75) is 0 Å². The van der Waals surface area contributed by atoms with Crippen LogP contribution >= 0.6 is 15.9 Å². The molecule has 0 fully saturated rings. The predicted molar refractivity (Wildman–Crippen MR) is 62.2 cm³/mol. The maximum absolute atomic E-state index is 12.7. The van der Waals surface area contributed by atoms with Crippen LogP contribution in [0.1, 0.15) is 5.56 Å². The number of rotatable bonds is 4. The Labute approximate surface area is 95.4 Å². The van der Waals surface area contributed by atoms with Gasteiger partial charge in [-0.15, -0.1) is 0 Å². The van der Waals surface area contributed by atoms with Crippen molar-refractivity contribution in [1.29, 1.82) is 0 Å². The second-order valence-corrected chi connectivity index (χ2v) is 3.34. The van der Waals surface area contributed by atoms with E-state index in [9.17, 15) is 4.39 Å². The minimum atomic E-state index is -0.261. The SMILES string of the molecule is [N-]=[N+]=NCC=C(CBr)c1ccc(F)cc1. The van der Waals surface area contributed by atoms with Gasteiger partial charge in [-0.25, -0.2) is 4.39 Å². The first-order valence-electron chi connectivity index (χ1n) is 4.29. The fraction of sp³-hybridized carbons (Fsp3) is 0.200. The van der Waals surface area contributed by atoms with Gasteiger partial charge in [-0.2, -0.15) is 0 Å². The van der Waals surface area contributed by atoms with E-state index in [1.54, 1.807) is 12.1 Å². The van der Waals surface area contributed by atoms with E-state index in [1.165, 1.54) is 12.1 Å². The third-order valence-electron chi connectivity index (χ3n) is 1.84. The number of hydrogen-bond donors (Lipinski definition) is 0. The number of halogens is 2. The van der Waals surface area contributed by atoms with E-state index >= 15 is 0 Å². The number of azide groups is 1. The molecule has 0 unspecified atom stereocenters. The molecule has 0 aliphatic rings. The molecule has 0 saturated carbocycles. The third-order valence-corrected chi connectivity index (χ3v) is 2.45. The summed E-state index contributed by atoms with van der Waals surface area (Å²) in [6.45, 7) is 0.300. The molecule has 1 aromatic carbocycles. The highest BCUT2D eigenvalue weighted by molar-refractivity contribution is 9.09. The first-order chi connectivity index (χ1) is 7.27. The molecule has 0 radical (unpaired) electrons. The minimum Gasteiger partial charge on any atom is -0.207 e. The van der Waals surface area contributed by atoms with Crippen molar-refractivity contribution in [1.82, 2.24) is 0 Å². The Morgan fingerprint density at radius 3 is 2.67 bits per heavy atom. The normalized spacial score (nSPS) is 10.9. The van der Waals surface area contributed by atoms with Crippen molar-refractivity contribution in [3.05, 3.63) is 52.2 Å². The smallest absolute Gasteiger partial charge is 0.123 e. The van der Waals surface area contributed by atoms with E-state index in [2.05, 4.69) is 26.0 Å². The topological polar surface area (TPSA) is 48.8 Å². The Bertz CT molecular complexity index is 394. The van der Waals surface area contributed by atoms with E-state index in [1.807, 2.05) is 6.08 Å². The highest BCUT2D eigenvalue weighted by atomic mass is 79.9. The summed E-state index contributed by atoms with van der Waals surface area (Å²) in [6.07, 6.45) is 1.81. The summed E-state index contributed by atoms with van der Waals surface area (Å²) >= 11 is 3.33. The summed E-state index contributed by atoms with van der Waals surface area (Å²) in [5.41, 5.74) is 10.0. The molecular weight excluding hydrogens is 261 g/mol. The van der Waals surface area contributed by atoms with Crippen molar-refractivity contribution < 1.29 is 4.39 Å². The number of alkyl halides is 1. The monoisotopic (exact) mass is 269 g/mol. The molecule has 1 rings (SSSR count). The van der Waals surface area contributed by atoms with Gasteiger partial charge in [-0.05, 0) is 28.8 Å². The second-order valence-electron chi connectivity index (χ2n) is 2.78. The van der Waals surface area contributed by atoms with Crippen molar-refractivity contribution in [2.75, 3.05) is 11.9 Å². The van der Waals surface area contributed by atoms with E-state index < -0.39 is 0 Å². The molecule has 15 heavy (non-hydrogen) atoms. The van der Waals surface area contributed by atoms with Gasteiger partial charge in [0.2, 0.25) is 0 Å². The zero-order chi connectivity index (χ0) is 11.1. The zero-order valence-corrected chi connectivity index (χ0v) is 9.48. The Balaban J connectivity index is 2.86. The largest absolute Gasteiger partial charge is 0.207 e. The van der Waals surface area contributed by atoms with Crippen LogP contribution in [0.3, 0.4) is 0 Å². The van der Waals surface area contributed by atoms with Crippen molar-refractivity contribution in [2.24, 2.45) is 5.11 Å². The van der Waals surface area contributed by atoms with Crippen molar-refractivity contribution >= 4 is 21.5 Å². The molecule has 0 N–H and O–H groups in total. The van der Waals surface area contributed by atoms with Gasteiger partial charge in [0.15, 0.2) is 0 Å². The molecule has 3 nitrogen and oxygen atoms in total. The molecule has 0 bridgehead atoms. The van der Waals surface area contributed by atoms with Crippen molar-refractivity contribution in [3.8, 4) is 0 Å². The van der Waals surface area contributed by atoms with Gasteiger partial charge < -0.3 is 0 Å². The van der Waals surface area contributed by atoms with Gasteiger partial charge in [0, 0.05) is 16.8 Å². The van der Waals surface area contributed by atoms with E-state index in [0.717, 1.165) is 11.1 Å². The predicted octanol–water partition coefficient (Wildman–Crippen LogP) is 3.91. The van der Waals surface area contributed by atoms with Gasteiger partial charge >= 0.3 is 0 Å². The molecule has 0 aromatic heterocycles. The zero-order valence-electron chi connectivity index (χ0n) is 7.90. The van der Waals surface area contributed by atoms with Crippen LogP contribution in [0.2, 0.25) is 0 Å². The van der Waals surface area contributed by atoms with Gasteiger partial charge in [0.05, 0.1) is 0 Å². The van der Waals surface area contributed by atoms with Crippen LogP contribution in [0.4, 0.5) is 4.39 Å². The van der Waals surface area contributed by atoms with Gasteiger partial charge in [-0.3, -0.25) is 0 Å². The molecule has 1 aromatic rings. The lowest BCUT2D eigenvalue weighted by atomic mass is 10.1. The van der Waals surface area contributed by atoms with Gasteiger partial charge in [0.25, 0.3) is 0 Å². The first kappa shape index (κ1) is 11.8. The fourth-order valence-corrected chi connectivity index (χ4v) is 1.65. The van der Waals surface area contributed by atoms with Gasteiger partial charge in [-0.1, -0.05) is 39.3 Å². The molecule has 5 heteroatoms. The summed E-state index contributed by atoms with van der Waals surface area (Å²) in [7, 11) is 0. The minimum absolute atomic E-state index is 0.261. The Morgan fingerprint density at radius 2 is 2.13 bits per heavy atom. The number of hydrogen-bond acceptors (Lipinski definition) is 1. The lowest BCUT2D eigenvalue weighted by molar-refractivity contribution is 0.627. The first-order valence-corrected chi connectivity index (χ1v) is 5.42. The second kappa shape index (κ2) is 6.22. The Morgan fingerprint density at radius 1 is 1.47 bits per heavy atom. The molecule has 0 heterocycles. The van der Waals surface area contributed by atoms with Crippen LogP contribution in [0, 0.1) is 5.82 Å². The van der Waals surface area contributed by atoms with Gasteiger partial charge in [0.1, 0.15) is 5.82 Å².